The average Bonchev–Trinajstić information content (AvgIpc) is 3.76. The van der Waals surface area contributed by atoms with Crippen LogP contribution in [0.5, 0.6) is 0 Å². The number of rotatable bonds is 8. The van der Waals surface area contributed by atoms with Crippen LogP contribution in [0, 0.1) is 12.7 Å². The Morgan fingerprint density at radius 1 is 0.956 bits per heavy atom. The van der Waals surface area contributed by atoms with Crippen LogP contribution in [0.1, 0.15) is 41.3 Å². The SMILES string of the molecule is C=C(NC(c1cc2ccccc2[nH]1)c1cc(F)ccc1C)c1cc(-c2ccc(N3CCC(N)CC3)cc2)cc(-n2ccnc2)c1. The van der Waals surface area contributed by atoms with Crippen LogP contribution in [0.25, 0.3) is 33.4 Å². The van der Waals surface area contributed by atoms with Gasteiger partial charge in [-0.1, -0.05) is 43.0 Å². The van der Waals surface area contributed by atoms with Gasteiger partial charge in [-0.25, -0.2) is 9.37 Å². The molecule has 1 fully saturated rings. The van der Waals surface area contributed by atoms with Crippen LogP contribution in [-0.4, -0.2) is 33.7 Å². The summed E-state index contributed by atoms with van der Waals surface area (Å²) in [7, 11) is 0. The van der Waals surface area contributed by atoms with E-state index in [-0.39, 0.29) is 11.9 Å². The smallest absolute Gasteiger partial charge is 0.123 e. The first-order chi connectivity index (χ1) is 21.9. The molecule has 1 atom stereocenters. The first-order valence-electron chi connectivity index (χ1n) is 15.5. The summed E-state index contributed by atoms with van der Waals surface area (Å²) in [4.78, 5) is 10.2. The monoisotopic (exact) mass is 596 g/mol. The van der Waals surface area contributed by atoms with Crippen molar-refractivity contribution in [3.05, 3.63) is 144 Å². The summed E-state index contributed by atoms with van der Waals surface area (Å²) in [5, 5.41) is 4.76. The molecule has 0 amide bonds. The fourth-order valence-electron chi connectivity index (χ4n) is 6.29. The van der Waals surface area contributed by atoms with E-state index in [1.54, 1.807) is 18.6 Å². The molecule has 0 spiro atoms. The molecule has 7 rings (SSSR count). The van der Waals surface area contributed by atoms with Crippen LogP contribution in [-0.2, 0) is 0 Å². The predicted octanol–water partition coefficient (Wildman–Crippen LogP) is 7.75. The van der Waals surface area contributed by atoms with Crippen LogP contribution >= 0.6 is 0 Å². The molecular formula is C38H37FN6. The fourth-order valence-corrected chi connectivity index (χ4v) is 6.29. The van der Waals surface area contributed by atoms with Crippen molar-refractivity contribution in [3.8, 4) is 16.8 Å². The molecule has 3 heterocycles. The van der Waals surface area contributed by atoms with Gasteiger partial charge in [-0.3, -0.25) is 0 Å². The molecule has 1 aliphatic rings. The highest BCUT2D eigenvalue weighted by Gasteiger charge is 2.21. The topological polar surface area (TPSA) is 74.9 Å². The van der Waals surface area contributed by atoms with Crippen molar-refractivity contribution < 1.29 is 4.39 Å². The van der Waals surface area contributed by atoms with Gasteiger partial charge < -0.3 is 25.5 Å². The normalized spacial score (nSPS) is 14.5. The molecule has 2 aromatic heterocycles. The molecule has 4 aromatic carbocycles. The standard InChI is InChI=1S/C38H37FN6/c1-25-7-10-31(39)23-35(25)38(37-22-28-5-3-4-6-36(28)43-37)42-26(2)29-19-30(21-34(20-29)45-18-15-41-24-45)27-8-11-33(12-9-27)44-16-13-32(40)14-17-44/h3-12,15,18-24,32,38,42-43H,2,13-14,16-17,40H2,1H3. The van der Waals surface area contributed by atoms with Crippen molar-refractivity contribution >= 4 is 22.3 Å². The fraction of sp³-hybridized carbons (Fsp3) is 0.184. The molecule has 6 aromatic rings. The molecule has 0 bridgehead atoms. The Hall–Kier alpha value is -5.14. The maximum atomic E-state index is 14.6. The molecule has 0 saturated carbocycles. The number of benzene rings is 4. The molecule has 0 radical (unpaired) electrons. The first-order valence-corrected chi connectivity index (χ1v) is 15.5. The molecule has 7 heteroatoms. The zero-order valence-corrected chi connectivity index (χ0v) is 25.4. The number of imidazole rings is 1. The molecule has 0 aliphatic carbocycles. The second-order valence-corrected chi connectivity index (χ2v) is 12.0. The zero-order chi connectivity index (χ0) is 30.9. The number of piperidine rings is 1. The summed E-state index contributed by atoms with van der Waals surface area (Å²) in [6.45, 7) is 8.47. The van der Waals surface area contributed by atoms with E-state index in [0.717, 1.165) is 81.7 Å². The molecule has 1 saturated heterocycles. The zero-order valence-electron chi connectivity index (χ0n) is 25.4. The van der Waals surface area contributed by atoms with E-state index in [4.69, 9.17) is 5.73 Å². The molecule has 1 aliphatic heterocycles. The van der Waals surface area contributed by atoms with Gasteiger partial charge in [-0.05, 0) is 108 Å². The summed E-state index contributed by atoms with van der Waals surface area (Å²) in [6.07, 6.45) is 7.54. The summed E-state index contributed by atoms with van der Waals surface area (Å²) < 4.78 is 16.6. The van der Waals surface area contributed by atoms with Crippen LogP contribution in [0.4, 0.5) is 10.1 Å². The lowest BCUT2D eigenvalue weighted by Gasteiger charge is -2.32. The Morgan fingerprint density at radius 2 is 1.76 bits per heavy atom. The molecule has 1 unspecified atom stereocenters. The van der Waals surface area contributed by atoms with E-state index < -0.39 is 0 Å². The minimum atomic E-state index is -0.349. The van der Waals surface area contributed by atoms with Crippen molar-refractivity contribution in [2.75, 3.05) is 18.0 Å². The lowest BCUT2D eigenvalue weighted by molar-refractivity contribution is 0.501. The average molecular weight is 597 g/mol. The molecule has 226 valence electrons. The maximum absolute atomic E-state index is 14.6. The van der Waals surface area contributed by atoms with Crippen molar-refractivity contribution in [1.29, 1.82) is 0 Å². The Bertz CT molecular complexity index is 1920. The molecule has 45 heavy (non-hydrogen) atoms. The van der Waals surface area contributed by atoms with Gasteiger partial charge in [0, 0.05) is 59.8 Å². The van der Waals surface area contributed by atoms with E-state index in [1.807, 2.05) is 35.9 Å². The maximum Gasteiger partial charge on any atom is 0.123 e. The Labute approximate surface area is 263 Å². The number of nitrogens with one attached hydrogen (secondary N) is 2. The number of anilines is 1. The number of aromatic amines is 1. The number of hydrogen-bond acceptors (Lipinski definition) is 4. The number of nitrogens with two attached hydrogens (primary N) is 1. The number of aryl methyl sites for hydroxylation is 1. The highest BCUT2D eigenvalue weighted by molar-refractivity contribution is 5.81. The Kier molecular flexibility index (Phi) is 7.69. The third-order valence-corrected chi connectivity index (χ3v) is 8.91. The van der Waals surface area contributed by atoms with Gasteiger partial charge in [-0.2, -0.15) is 0 Å². The minimum absolute atomic E-state index is 0.274. The van der Waals surface area contributed by atoms with Gasteiger partial charge >= 0.3 is 0 Å². The Morgan fingerprint density at radius 3 is 2.51 bits per heavy atom. The molecule has 4 N–H and O–H groups in total. The summed E-state index contributed by atoms with van der Waals surface area (Å²) in [5.41, 5.74) is 16.0. The van der Waals surface area contributed by atoms with Gasteiger partial charge in [0.2, 0.25) is 0 Å². The lowest BCUT2D eigenvalue weighted by atomic mass is 9.96. The largest absolute Gasteiger partial charge is 0.373 e. The van der Waals surface area contributed by atoms with Crippen molar-refractivity contribution in [2.24, 2.45) is 5.73 Å². The van der Waals surface area contributed by atoms with Gasteiger partial charge in [0.15, 0.2) is 0 Å². The van der Waals surface area contributed by atoms with Crippen LogP contribution < -0.4 is 16.0 Å². The second-order valence-electron chi connectivity index (χ2n) is 12.0. The first kappa shape index (κ1) is 28.6. The van der Waals surface area contributed by atoms with Crippen molar-refractivity contribution in [3.63, 3.8) is 0 Å². The van der Waals surface area contributed by atoms with E-state index >= 15 is 0 Å². The number of halogens is 1. The number of nitrogens with zero attached hydrogens (tertiary/aromatic N) is 3. The number of fused-ring (bicyclic) bond motifs is 1. The van der Waals surface area contributed by atoms with E-state index in [2.05, 4.69) is 87.4 Å². The quantitative estimate of drug-likeness (QED) is 0.168. The van der Waals surface area contributed by atoms with E-state index in [0.29, 0.717) is 6.04 Å². The van der Waals surface area contributed by atoms with Gasteiger partial charge in [-0.15, -0.1) is 0 Å². The summed E-state index contributed by atoms with van der Waals surface area (Å²) in [5.74, 6) is -0.274. The van der Waals surface area contributed by atoms with Crippen LogP contribution in [0.3, 0.4) is 0 Å². The lowest BCUT2D eigenvalue weighted by Crippen LogP contribution is -2.39. The highest BCUT2D eigenvalue weighted by atomic mass is 19.1. The number of H-pyrrole nitrogens is 1. The van der Waals surface area contributed by atoms with Crippen molar-refractivity contribution in [2.45, 2.75) is 31.8 Å². The van der Waals surface area contributed by atoms with Crippen LogP contribution in [0.15, 0.2) is 116 Å². The third-order valence-electron chi connectivity index (χ3n) is 8.91. The van der Waals surface area contributed by atoms with E-state index in [9.17, 15) is 4.39 Å². The van der Waals surface area contributed by atoms with E-state index in [1.165, 1.54) is 11.8 Å². The predicted molar refractivity (Wildman–Crippen MR) is 182 cm³/mol. The van der Waals surface area contributed by atoms with Crippen molar-refractivity contribution in [1.82, 2.24) is 19.9 Å². The van der Waals surface area contributed by atoms with Gasteiger partial charge in [0.1, 0.15) is 5.82 Å². The van der Waals surface area contributed by atoms with Gasteiger partial charge in [0.05, 0.1) is 12.4 Å². The van der Waals surface area contributed by atoms with Gasteiger partial charge in [0.25, 0.3) is 0 Å². The summed E-state index contributed by atoms with van der Waals surface area (Å²) >= 11 is 0. The minimum Gasteiger partial charge on any atom is -0.373 e. The molecule has 6 nitrogen and oxygen atoms in total. The number of hydrogen-bond donors (Lipinski definition) is 3. The number of aromatic nitrogens is 3. The second kappa shape index (κ2) is 12.1. The molecular weight excluding hydrogens is 559 g/mol. The van der Waals surface area contributed by atoms with Crippen LogP contribution in [0.2, 0.25) is 0 Å². The number of para-hydroxylation sites is 1. The Balaban J connectivity index is 1.25. The summed E-state index contributed by atoms with van der Waals surface area (Å²) in [6, 6.07) is 30.3. The highest BCUT2D eigenvalue weighted by Crippen LogP contribution is 2.33. The third kappa shape index (κ3) is 5.99.